The number of nitrogens with zero attached hydrogens (tertiary/aromatic N) is 2. The highest BCUT2D eigenvalue weighted by molar-refractivity contribution is 5.49. The molecule has 0 aromatic carbocycles. The number of nitrogens with one attached hydrogen (secondary N) is 1. The van der Waals surface area contributed by atoms with Gasteiger partial charge in [0.15, 0.2) is 0 Å². The SMILES string of the molecule is CNC(C)c1cccnc1N(CCC(C)C)C1CCCC1. The molecule has 1 fully saturated rings. The molecule has 1 N–H and O–H groups in total. The number of rotatable bonds is 7. The number of hydrogen-bond acceptors (Lipinski definition) is 3. The van der Waals surface area contributed by atoms with Gasteiger partial charge in [0.2, 0.25) is 0 Å². The van der Waals surface area contributed by atoms with E-state index >= 15 is 0 Å². The molecule has 0 aliphatic heterocycles. The van der Waals surface area contributed by atoms with Crippen LogP contribution in [0.2, 0.25) is 0 Å². The minimum atomic E-state index is 0.344. The average molecular weight is 289 g/mol. The van der Waals surface area contributed by atoms with Crippen LogP contribution >= 0.6 is 0 Å². The molecule has 1 aromatic rings. The predicted octanol–water partition coefficient (Wildman–Crippen LogP) is 4.16. The molecule has 0 saturated heterocycles. The van der Waals surface area contributed by atoms with E-state index in [-0.39, 0.29) is 0 Å². The Morgan fingerprint density at radius 3 is 2.62 bits per heavy atom. The van der Waals surface area contributed by atoms with E-state index in [1.165, 1.54) is 43.5 Å². The van der Waals surface area contributed by atoms with Crippen LogP contribution in [0.4, 0.5) is 5.82 Å². The number of anilines is 1. The predicted molar refractivity (Wildman–Crippen MR) is 90.8 cm³/mol. The molecule has 2 rings (SSSR count). The van der Waals surface area contributed by atoms with Crippen molar-refractivity contribution in [2.75, 3.05) is 18.5 Å². The van der Waals surface area contributed by atoms with Crippen LogP contribution in [-0.2, 0) is 0 Å². The highest BCUT2D eigenvalue weighted by Crippen LogP contribution is 2.31. The Morgan fingerprint density at radius 2 is 2.00 bits per heavy atom. The molecule has 1 unspecified atom stereocenters. The third-order valence-corrected chi connectivity index (χ3v) is 4.70. The molecule has 1 atom stereocenters. The van der Waals surface area contributed by atoms with E-state index in [9.17, 15) is 0 Å². The second-order valence-electron chi connectivity index (χ2n) is 6.74. The fraction of sp³-hybridized carbons (Fsp3) is 0.722. The Bertz CT molecular complexity index is 424. The van der Waals surface area contributed by atoms with Crippen molar-refractivity contribution in [2.24, 2.45) is 5.92 Å². The van der Waals surface area contributed by atoms with Gasteiger partial charge >= 0.3 is 0 Å². The standard InChI is InChI=1S/C18H31N3/c1-14(2)11-13-21(16-8-5-6-9-16)18-17(15(3)19-4)10-7-12-20-18/h7,10,12,14-16,19H,5-6,8-9,11,13H2,1-4H3. The van der Waals surface area contributed by atoms with Crippen LogP contribution in [0.5, 0.6) is 0 Å². The maximum atomic E-state index is 4.76. The lowest BCUT2D eigenvalue weighted by molar-refractivity contribution is 0.520. The molecule has 1 saturated carbocycles. The lowest BCUT2D eigenvalue weighted by atomic mass is 10.1. The van der Waals surface area contributed by atoms with E-state index in [0.29, 0.717) is 12.1 Å². The quantitative estimate of drug-likeness (QED) is 0.817. The second-order valence-corrected chi connectivity index (χ2v) is 6.74. The molecule has 1 heterocycles. The largest absolute Gasteiger partial charge is 0.353 e. The van der Waals surface area contributed by atoms with Gasteiger partial charge in [-0.05, 0) is 45.2 Å². The van der Waals surface area contributed by atoms with Crippen LogP contribution < -0.4 is 10.2 Å². The van der Waals surface area contributed by atoms with Gasteiger partial charge in [0.05, 0.1) is 0 Å². The normalized spacial score (nSPS) is 17.4. The molecular weight excluding hydrogens is 258 g/mol. The minimum Gasteiger partial charge on any atom is -0.353 e. The zero-order valence-electron chi connectivity index (χ0n) is 14.1. The minimum absolute atomic E-state index is 0.344. The van der Waals surface area contributed by atoms with Gasteiger partial charge in [-0.25, -0.2) is 4.98 Å². The lowest BCUT2D eigenvalue weighted by Gasteiger charge is -2.33. The van der Waals surface area contributed by atoms with Crippen LogP contribution in [0.15, 0.2) is 18.3 Å². The summed E-state index contributed by atoms with van der Waals surface area (Å²) in [7, 11) is 2.02. The molecular formula is C18H31N3. The molecule has 0 amide bonds. The smallest absolute Gasteiger partial charge is 0.133 e. The zero-order chi connectivity index (χ0) is 15.2. The average Bonchev–Trinajstić information content (AvgIpc) is 3.01. The van der Waals surface area contributed by atoms with Crippen molar-refractivity contribution in [1.29, 1.82) is 0 Å². The van der Waals surface area contributed by atoms with Crippen molar-refractivity contribution >= 4 is 5.82 Å². The Balaban J connectivity index is 2.26. The summed E-state index contributed by atoms with van der Waals surface area (Å²) >= 11 is 0. The summed E-state index contributed by atoms with van der Waals surface area (Å²) in [6.45, 7) is 7.96. The first-order valence-corrected chi connectivity index (χ1v) is 8.52. The van der Waals surface area contributed by atoms with Crippen molar-refractivity contribution in [3.05, 3.63) is 23.9 Å². The number of pyridine rings is 1. The Hall–Kier alpha value is -1.09. The fourth-order valence-corrected chi connectivity index (χ4v) is 3.22. The lowest BCUT2D eigenvalue weighted by Crippen LogP contribution is -2.36. The number of aromatic nitrogens is 1. The van der Waals surface area contributed by atoms with Gasteiger partial charge in [0.1, 0.15) is 5.82 Å². The van der Waals surface area contributed by atoms with Gasteiger partial charge in [-0.3, -0.25) is 0 Å². The first kappa shape index (κ1) is 16.3. The first-order valence-electron chi connectivity index (χ1n) is 8.52. The van der Waals surface area contributed by atoms with Gasteiger partial charge in [-0.15, -0.1) is 0 Å². The molecule has 118 valence electrons. The van der Waals surface area contributed by atoms with Crippen molar-refractivity contribution in [3.8, 4) is 0 Å². The third kappa shape index (κ3) is 4.19. The summed E-state index contributed by atoms with van der Waals surface area (Å²) in [4.78, 5) is 7.35. The Kier molecular flexibility index (Phi) is 6.04. The summed E-state index contributed by atoms with van der Waals surface area (Å²) in [5.41, 5.74) is 1.33. The first-order chi connectivity index (χ1) is 10.1. The van der Waals surface area contributed by atoms with Crippen molar-refractivity contribution in [1.82, 2.24) is 10.3 Å². The van der Waals surface area contributed by atoms with Crippen molar-refractivity contribution < 1.29 is 0 Å². The summed E-state index contributed by atoms with van der Waals surface area (Å²) in [6, 6.07) is 5.31. The van der Waals surface area contributed by atoms with Crippen LogP contribution in [0.1, 0.15) is 64.5 Å². The molecule has 3 nitrogen and oxygen atoms in total. The third-order valence-electron chi connectivity index (χ3n) is 4.70. The number of hydrogen-bond donors (Lipinski definition) is 1. The topological polar surface area (TPSA) is 28.2 Å². The van der Waals surface area contributed by atoms with E-state index in [4.69, 9.17) is 4.98 Å². The molecule has 1 aromatic heterocycles. The van der Waals surface area contributed by atoms with E-state index in [1.54, 1.807) is 0 Å². The maximum absolute atomic E-state index is 4.76. The van der Waals surface area contributed by atoms with Crippen molar-refractivity contribution in [3.63, 3.8) is 0 Å². The van der Waals surface area contributed by atoms with E-state index < -0.39 is 0 Å². The van der Waals surface area contributed by atoms with Gasteiger partial charge in [0.25, 0.3) is 0 Å². The van der Waals surface area contributed by atoms with Gasteiger partial charge < -0.3 is 10.2 Å². The molecule has 1 aliphatic carbocycles. The Labute approximate surface area is 130 Å². The van der Waals surface area contributed by atoms with Crippen LogP contribution in [0.3, 0.4) is 0 Å². The fourth-order valence-electron chi connectivity index (χ4n) is 3.22. The molecule has 0 spiro atoms. The summed E-state index contributed by atoms with van der Waals surface area (Å²) < 4.78 is 0. The highest BCUT2D eigenvalue weighted by atomic mass is 15.2. The zero-order valence-corrected chi connectivity index (χ0v) is 14.1. The second kappa shape index (κ2) is 7.79. The molecule has 21 heavy (non-hydrogen) atoms. The van der Waals surface area contributed by atoms with E-state index in [2.05, 4.69) is 43.1 Å². The summed E-state index contributed by atoms with van der Waals surface area (Å²) in [6.07, 6.45) is 8.56. The Morgan fingerprint density at radius 1 is 1.29 bits per heavy atom. The monoisotopic (exact) mass is 289 g/mol. The van der Waals surface area contributed by atoms with Crippen LogP contribution in [0, 0.1) is 5.92 Å². The van der Waals surface area contributed by atoms with Crippen LogP contribution in [0.25, 0.3) is 0 Å². The molecule has 0 radical (unpaired) electrons. The van der Waals surface area contributed by atoms with Crippen molar-refractivity contribution in [2.45, 2.75) is 65.0 Å². The summed E-state index contributed by atoms with van der Waals surface area (Å²) in [5, 5.41) is 3.37. The van der Waals surface area contributed by atoms with Gasteiger partial charge in [-0.1, -0.05) is 32.8 Å². The maximum Gasteiger partial charge on any atom is 0.133 e. The molecule has 0 bridgehead atoms. The molecule has 3 heteroatoms. The van der Waals surface area contributed by atoms with E-state index in [0.717, 1.165) is 12.5 Å². The van der Waals surface area contributed by atoms with Gasteiger partial charge in [0, 0.05) is 30.4 Å². The highest BCUT2D eigenvalue weighted by Gasteiger charge is 2.26. The summed E-state index contributed by atoms with van der Waals surface area (Å²) in [5.74, 6) is 1.94. The van der Waals surface area contributed by atoms with E-state index in [1.807, 2.05) is 13.2 Å². The molecule has 1 aliphatic rings. The van der Waals surface area contributed by atoms with Gasteiger partial charge in [-0.2, -0.15) is 0 Å². The van der Waals surface area contributed by atoms with Crippen LogP contribution in [-0.4, -0.2) is 24.6 Å².